The molecule has 0 spiro atoms. The number of hydrogen-bond acceptors (Lipinski definition) is 9. The van der Waals surface area contributed by atoms with Crippen molar-refractivity contribution in [3.63, 3.8) is 0 Å². The number of aryl methyl sites for hydroxylation is 2. The van der Waals surface area contributed by atoms with Crippen LogP contribution in [0.4, 0.5) is 17.5 Å². The van der Waals surface area contributed by atoms with Crippen LogP contribution in [0.5, 0.6) is 11.5 Å². The maximum Gasteiger partial charge on any atom is 0.226 e. The van der Waals surface area contributed by atoms with Gasteiger partial charge in [-0.15, -0.1) is 0 Å². The van der Waals surface area contributed by atoms with E-state index in [1.165, 1.54) is 6.33 Å². The molecule has 10 nitrogen and oxygen atoms in total. The van der Waals surface area contributed by atoms with Crippen LogP contribution in [0.15, 0.2) is 55.2 Å². The van der Waals surface area contributed by atoms with Crippen LogP contribution >= 0.6 is 0 Å². The van der Waals surface area contributed by atoms with E-state index in [0.29, 0.717) is 28.8 Å². The summed E-state index contributed by atoms with van der Waals surface area (Å²) in [5.41, 5.74) is 5.23. The summed E-state index contributed by atoms with van der Waals surface area (Å²) in [4.78, 5) is 24.8. The summed E-state index contributed by atoms with van der Waals surface area (Å²) in [6.45, 7) is 6.80. The van der Waals surface area contributed by atoms with Crippen molar-refractivity contribution in [1.29, 1.82) is 0 Å². The van der Waals surface area contributed by atoms with Gasteiger partial charge in [-0.1, -0.05) is 0 Å². The van der Waals surface area contributed by atoms with Crippen molar-refractivity contribution in [1.82, 2.24) is 34.8 Å². The number of nitrogens with zero attached hydrogens (tertiary/aromatic N) is 7. The molecule has 0 saturated carbocycles. The SMILES string of the molecule is Cc1cc(Nc2ncnc3cnc(N4CCNC(C)C4)nc23)ccc1Oc1ccc2c(c1)ncn2C. The third-order valence-corrected chi connectivity index (χ3v) is 6.38. The first-order valence-corrected chi connectivity index (χ1v) is 12.0. The molecule has 1 atom stereocenters. The second kappa shape index (κ2) is 9.04. The maximum atomic E-state index is 6.16. The second-order valence-corrected chi connectivity index (χ2v) is 9.14. The average Bonchev–Trinajstić information content (AvgIpc) is 3.25. The summed E-state index contributed by atoms with van der Waals surface area (Å²) in [7, 11) is 1.98. The zero-order valence-electron chi connectivity index (χ0n) is 20.4. The lowest BCUT2D eigenvalue weighted by molar-refractivity contribution is 0.479. The molecule has 182 valence electrons. The quantitative estimate of drug-likeness (QED) is 0.386. The van der Waals surface area contributed by atoms with Gasteiger partial charge < -0.3 is 24.8 Å². The van der Waals surface area contributed by atoms with Crippen LogP contribution in [0.1, 0.15) is 12.5 Å². The standard InChI is InChI=1S/C26H27N9O/c1-16-10-18(4-7-23(16)36-19-5-6-22-20(11-19)31-15-34(22)3)32-25-24-21(29-14-30-25)12-28-26(33-24)35-9-8-27-17(2)13-35/h4-7,10-12,14-15,17,27H,8-9,13H2,1-3H3,(H,29,30,32). The van der Waals surface area contributed by atoms with Crippen LogP contribution in [-0.2, 0) is 7.05 Å². The number of rotatable bonds is 5. The fourth-order valence-electron chi connectivity index (χ4n) is 4.49. The van der Waals surface area contributed by atoms with Gasteiger partial charge in [0.1, 0.15) is 28.9 Å². The Morgan fingerprint density at radius 1 is 1.06 bits per heavy atom. The number of fused-ring (bicyclic) bond motifs is 2. The van der Waals surface area contributed by atoms with E-state index in [-0.39, 0.29) is 0 Å². The number of ether oxygens (including phenoxy) is 1. The Balaban J connectivity index is 1.25. The minimum atomic E-state index is 0.386. The van der Waals surface area contributed by atoms with E-state index in [1.54, 1.807) is 12.5 Å². The number of nitrogens with one attached hydrogen (secondary N) is 2. The van der Waals surface area contributed by atoms with Crippen molar-refractivity contribution in [3.05, 3.63) is 60.8 Å². The van der Waals surface area contributed by atoms with E-state index in [1.807, 2.05) is 54.9 Å². The molecule has 2 aromatic carbocycles. The summed E-state index contributed by atoms with van der Waals surface area (Å²) >= 11 is 0. The van der Waals surface area contributed by atoms with Crippen LogP contribution in [0.25, 0.3) is 22.1 Å². The van der Waals surface area contributed by atoms with Gasteiger partial charge in [0.2, 0.25) is 5.95 Å². The Labute approximate surface area is 208 Å². The molecule has 1 fully saturated rings. The third-order valence-electron chi connectivity index (χ3n) is 6.38. The van der Waals surface area contributed by atoms with Crippen molar-refractivity contribution in [2.75, 3.05) is 29.9 Å². The van der Waals surface area contributed by atoms with E-state index in [0.717, 1.165) is 53.4 Å². The van der Waals surface area contributed by atoms with E-state index >= 15 is 0 Å². The van der Waals surface area contributed by atoms with Gasteiger partial charge in [0.25, 0.3) is 0 Å². The zero-order valence-corrected chi connectivity index (χ0v) is 20.4. The van der Waals surface area contributed by atoms with Crippen LogP contribution in [0, 0.1) is 6.92 Å². The largest absolute Gasteiger partial charge is 0.457 e. The number of anilines is 3. The van der Waals surface area contributed by atoms with Gasteiger partial charge in [0, 0.05) is 44.5 Å². The summed E-state index contributed by atoms with van der Waals surface area (Å²) in [5.74, 6) is 2.86. The Kier molecular flexibility index (Phi) is 5.57. The van der Waals surface area contributed by atoms with E-state index in [4.69, 9.17) is 9.72 Å². The number of piperazine rings is 1. The first-order chi connectivity index (χ1) is 17.5. The molecular weight excluding hydrogens is 454 g/mol. The lowest BCUT2D eigenvalue weighted by atomic mass is 10.2. The molecule has 0 bridgehead atoms. The van der Waals surface area contributed by atoms with Gasteiger partial charge in [-0.05, 0) is 49.7 Å². The number of aromatic nitrogens is 6. The first kappa shape index (κ1) is 22.2. The van der Waals surface area contributed by atoms with E-state index in [9.17, 15) is 0 Å². The molecule has 1 saturated heterocycles. The van der Waals surface area contributed by atoms with Crippen molar-refractivity contribution < 1.29 is 4.74 Å². The van der Waals surface area contributed by atoms with Crippen molar-refractivity contribution in [3.8, 4) is 11.5 Å². The van der Waals surface area contributed by atoms with Crippen molar-refractivity contribution in [2.45, 2.75) is 19.9 Å². The molecule has 0 radical (unpaired) electrons. The normalized spacial score (nSPS) is 16.0. The summed E-state index contributed by atoms with van der Waals surface area (Å²) in [5, 5.41) is 6.85. The second-order valence-electron chi connectivity index (χ2n) is 9.14. The minimum Gasteiger partial charge on any atom is -0.457 e. The molecule has 36 heavy (non-hydrogen) atoms. The monoisotopic (exact) mass is 481 g/mol. The Hall–Kier alpha value is -4.31. The lowest BCUT2D eigenvalue weighted by Crippen LogP contribution is -2.49. The average molecular weight is 482 g/mol. The van der Waals surface area contributed by atoms with E-state index in [2.05, 4.69) is 42.4 Å². The highest BCUT2D eigenvalue weighted by Gasteiger charge is 2.19. The lowest BCUT2D eigenvalue weighted by Gasteiger charge is -2.31. The molecule has 1 unspecified atom stereocenters. The maximum absolute atomic E-state index is 6.16. The molecule has 3 aromatic heterocycles. The third kappa shape index (κ3) is 4.27. The van der Waals surface area contributed by atoms with Gasteiger partial charge in [0.05, 0.1) is 23.6 Å². The predicted octanol–water partition coefficient (Wildman–Crippen LogP) is 3.95. The van der Waals surface area contributed by atoms with Crippen molar-refractivity contribution in [2.24, 2.45) is 7.05 Å². The fourth-order valence-corrected chi connectivity index (χ4v) is 4.49. The first-order valence-electron chi connectivity index (χ1n) is 12.0. The molecule has 1 aliphatic rings. The van der Waals surface area contributed by atoms with Gasteiger partial charge in [-0.25, -0.2) is 24.9 Å². The summed E-state index contributed by atoms with van der Waals surface area (Å²) < 4.78 is 8.15. The highest BCUT2D eigenvalue weighted by atomic mass is 16.5. The molecular formula is C26H27N9O. The Bertz CT molecular complexity index is 1560. The molecule has 0 amide bonds. The van der Waals surface area contributed by atoms with Crippen LogP contribution in [0.3, 0.4) is 0 Å². The van der Waals surface area contributed by atoms with E-state index < -0.39 is 0 Å². The summed E-state index contributed by atoms with van der Waals surface area (Å²) in [6.07, 6.45) is 5.09. The topological polar surface area (TPSA) is 106 Å². The minimum absolute atomic E-state index is 0.386. The Morgan fingerprint density at radius 3 is 2.83 bits per heavy atom. The smallest absolute Gasteiger partial charge is 0.226 e. The molecule has 4 heterocycles. The van der Waals surface area contributed by atoms with Gasteiger partial charge in [-0.2, -0.15) is 0 Å². The molecule has 0 aliphatic carbocycles. The molecule has 10 heteroatoms. The van der Waals surface area contributed by atoms with Gasteiger partial charge in [-0.3, -0.25) is 0 Å². The molecule has 6 rings (SSSR count). The highest BCUT2D eigenvalue weighted by Crippen LogP contribution is 2.31. The zero-order chi connectivity index (χ0) is 24.6. The molecule has 5 aromatic rings. The molecule has 1 aliphatic heterocycles. The van der Waals surface area contributed by atoms with Gasteiger partial charge in [0.15, 0.2) is 5.82 Å². The predicted molar refractivity (Wildman–Crippen MR) is 140 cm³/mol. The van der Waals surface area contributed by atoms with Gasteiger partial charge >= 0.3 is 0 Å². The van der Waals surface area contributed by atoms with Crippen molar-refractivity contribution >= 4 is 39.5 Å². The van der Waals surface area contributed by atoms with Crippen LogP contribution < -0.4 is 20.3 Å². The fraction of sp³-hybridized carbons (Fsp3) is 0.269. The number of imidazole rings is 1. The summed E-state index contributed by atoms with van der Waals surface area (Å²) in [6, 6.07) is 12.3. The number of benzene rings is 2. The number of hydrogen-bond donors (Lipinski definition) is 2. The van der Waals surface area contributed by atoms with Crippen LogP contribution in [-0.4, -0.2) is 55.2 Å². The molecule has 2 N–H and O–H groups in total. The van der Waals surface area contributed by atoms with Crippen LogP contribution in [0.2, 0.25) is 0 Å². The highest BCUT2D eigenvalue weighted by molar-refractivity contribution is 5.87. The Morgan fingerprint density at radius 2 is 1.97 bits per heavy atom.